The summed E-state index contributed by atoms with van der Waals surface area (Å²) < 4.78 is 16.3. The topological polar surface area (TPSA) is 20.3 Å². The van der Waals surface area contributed by atoms with Gasteiger partial charge in [0.1, 0.15) is 11.0 Å². The Morgan fingerprint density at radius 3 is 1.60 bits per heavy atom. The van der Waals surface area contributed by atoms with Gasteiger partial charge in [0.05, 0.1) is 10.8 Å². The molecule has 2 aromatic carbocycles. The van der Waals surface area contributed by atoms with E-state index in [1.807, 2.05) is 0 Å². The van der Waals surface area contributed by atoms with E-state index < -0.39 is 11.0 Å². The van der Waals surface area contributed by atoms with E-state index in [1.54, 1.807) is 5.30 Å². The summed E-state index contributed by atoms with van der Waals surface area (Å²) >= 11 is 0. The Morgan fingerprint density at radius 1 is 0.721 bits per heavy atom. The lowest BCUT2D eigenvalue weighted by molar-refractivity contribution is 0.434. The largest absolute Gasteiger partial charge is 0.242 e. The highest BCUT2D eigenvalue weighted by molar-refractivity contribution is 7.84. The molecule has 4 rings (SSSR count). The molecule has 2 aliphatic rings. The van der Waals surface area contributed by atoms with Crippen molar-refractivity contribution in [2.24, 2.45) is 0 Å². The van der Waals surface area contributed by atoms with E-state index in [2.05, 4.69) is 110 Å². The van der Waals surface area contributed by atoms with E-state index in [0.29, 0.717) is 17.8 Å². The highest BCUT2D eigenvalue weighted by Crippen LogP contribution is 2.56. The van der Waals surface area contributed by atoms with Gasteiger partial charge in [-0.2, -0.15) is 0 Å². The van der Waals surface area contributed by atoms with Gasteiger partial charge in [-0.05, 0) is 109 Å². The number of nitrogens with zero attached hydrogens (tertiary/aromatic N) is 1. The third-order valence-electron chi connectivity index (χ3n) is 10.0. The quantitative estimate of drug-likeness (QED) is 0.241. The maximum absolute atomic E-state index is 14.4. The zero-order valence-corrected chi connectivity index (χ0v) is 30.9. The van der Waals surface area contributed by atoms with Crippen LogP contribution in [0.3, 0.4) is 0 Å². The minimum absolute atomic E-state index is 0.0375. The number of benzene rings is 2. The van der Waals surface area contributed by atoms with Gasteiger partial charge in [-0.3, -0.25) is 0 Å². The van der Waals surface area contributed by atoms with Gasteiger partial charge < -0.3 is 0 Å². The van der Waals surface area contributed by atoms with Gasteiger partial charge in [-0.1, -0.05) is 124 Å². The predicted octanol–water partition coefficient (Wildman–Crippen LogP) is 11.3. The lowest BCUT2D eigenvalue weighted by Gasteiger charge is -2.42. The number of rotatable bonds is 10. The molecule has 0 radical (unpaired) electrons. The molecule has 2 saturated carbocycles. The molecule has 2 fully saturated rings. The first kappa shape index (κ1) is 34.8. The maximum atomic E-state index is 14.4. The first-order valence-corrected chi connectivity index (χ1v) is 20.1. The van der Waals surface area contributed by atoms with Crippen molar-refractivity contribution in [1.29, 1.82) is 0 Å². The van der Waals surface area contributed by atoms with Crippen molar-refractivity contribution < 1.29 is 4.21 Å². The molecule has 0 bridgehead atoms. The van der Waals surface area contributed by atoms with Crippen LogP contribution in [0.2, 0.25) is 0 Å². The molecule has 4 heteroatoms. The molecular weight excluding hydrogens is 561 g/mol. The van der Waals surface area contributed by atoms with Crippen molar-refractivity contribution in [2.75, 3.05) is 7.05 Å². The van der Waals surface area contributed by atoms with Gasteiger partial charge in [0.2, 0.25) is 0 Å². The molecule has 1 unspecified atom stereocenters. The second kappa shape index (κ2) is 15.0. The Morgan fingerprint density at radius 2 is 1.19 bits per heavy atom. The molecule has 2 aliphatic carbocycles. The van der Waals surface area contributed by atoms with Gasteiger partial charge in [-0.25, -0.2) is 8.51 Å². The van der Waals surface area contributed by atoms with Crippen LogP contribution >= 0.6 is 7.92 Å². The van der Waals surface area contributed by atoms with Gasteiger partial charge >= 0.3 is 0 Å². The van der Waals surface area contributed by atoms with Crippen molar-refractivity contribution >= 4 is 24.2 Å². The van der Waals surface area contributed by atoms with Crippen molar-refractivity contribution in [3.63, 3.8) is 0 Å². The van der Waals surface area contributed by atoms with Crippen molar-refractivity contribution in [3.05, 3.63) is 64.2 Å². The van der Waals surface area contributed by atoms with E-state index in [1.165, 1.54) is 92.0 Å². The molecule has 0 amide bonds. The van der Waals surface area contributed by atoms with E-state index in [0.717, 1.165) is 11.3 Å². The third kappa shape index (κ3) is 8.04. The van der Waals surface area contributed by atoms with Crippen molar-refractivity contribution in [3.8, 4) is 0 Å². The Labute approximate surface area is 269 Å². The Hall–Kier alpha value is -1.02. The number of hydrogen-bond donors (Lipinski definition) is 0. The summed E-state index contributed by atoms with van der Waals surface area (Å²) in [7, 11) is 0.689. The molecule has 0 aromatic heterocycles. The van der Waals surface area contributed by atoms with Crippen LogP contribution in [0, 0.1) is 0 Å². The summed E-state index contributed by atoms with van der Waals surface area (Å²) in [5, 5.41) is 1.62. The summed E-state index contributed by atoms with van der Waals surface area (Å²) in [5.41, 5.74) is 8.80. The van der Waals surface area contributed by atoms with Crippen LogP contribution in [0.1, 0.15) is 178 Å². The molecule has 2 atom stereocenters. The van der Waals surface area contributed by atoms with Gasteiger partial charge in [0.25, 0.3) is 0 Å². The predicted molar refractivity (Wildman–Crippen MR) is 193 cm³/mol. The summed E-state index contributed by atoms with van der Waals surface area (Å²) in [5.74, 6) is 1.24. The molecule has 0 heterocycles. The van der Waals surface area contributed by atoms with Gasteiger partial charge in [0, 0.05) is 7.05 Å². The van der Waals surface area contributed by atoms with Crippen LogP contribution in [0.5, 0.6) is 0 Å². The Bertz CT molecular complexity index is 1170. The van der Waals surface area contributed by atoms with E-state index in [4.69, 9.17) is 0 Å². The SMILES string of the molecule is CC(C)c1cc(C(C)C)c([C@@H](c2ccccc2P(C2CCCCC2)C2CCCCC2)N(C)S(=O)C(C)(C)C)c(C(C)C)c1. The third-order valence-corrected chi connectivity index (χ3v) is 15.4. The number of hydrogen-bond acceptors (Lipinski definition) is 1. The zero-order chi connectivity index (χ0) is 31.5. The van der Waals surface area contributed by atoms with Crippen LogP contribution < -0.4 is 5.30 Å². The molecule has 0 spiro atoms. The summed E-state index contributed by atoms with van der Waals surface area (Å²) in [4.78, 5) is 0. The molecule has 240 valence electrons. The normalized spacial score (nSPS) is 19.2. The molecule has 2 aromatic rings. The second-order valence-corrected chi connectivity index (χ2v) is 20.5. The summed E-state index contributed by atoms with van der Waals surface area (Å²) in [6.07, 6.45) is 13.9. The molecular formula is C39H62NOPS. The lowest BCUT2D eigenvalue weighted by Crippen LogP contribution is -2.40. The van der Waals surface area contributed by atoms with E-state index in [9.17, 15) is 4.21 Å². The first-order valence-electron chi connectivity index (χ1n) is 17.5. The second-order valence-electron chi connectivity index (χ2n) is 15.4. The van der Waals surface area contributed by atoms with Crippen molar-refractivity contribution in [2.45, 2.75) is 166 Å². The van der Waals surface area contributed by atoms with E-state index >= 15 is 0 Å². The zero-order valence-electron chi connectivity index (χ0n) is 29.2. The Balaban J connectivity index is 2.03. The molecule has 0 N–H and O–H groups in total. The Kier molecular flexibility index (Phi) is 12.2. The fourth-order valence-electron chi connectivity index (χ4n) is 7.75. The minimum Gasteiger partial charge on any atom is -0.242 e. The smallest absolute Gasteiger partial charge is 0.100 e. The van der Waals surface area contributed by atoms with E-state index in [-0.39, 0.29) is 18.7 Å². The van der Waals surface area contributed by atoms with Crippen LogP contribution in [-0.2, 0) is 11.0 Å². The average Bonchev–Trinajstić information content (AvgIpc) is 2.98. The highest BCUT2D eigenvalue weighted by Gasteiger charge is 2.39. The van der Waals surface area contributed by atoms with Crippen LogP contribution in [-0.4, -0.2) is 31.6 Å². The fraction of sp³-hybridized carbons (Fsp3) is 0.692. The molecule has 43 heavy (non-hydrogen) atoms. The molecule has 0 aliphatic heterocycles. The summed E-state index contributed by atoms with van der Waals surface area (Å²) in [6.45, 7) is 20.5. The standard InChI is InChI=1S/C39H62NOPS/c1-27(2)30-25-34(28(3)4)37(35(26-30)29(5)6)38(40(10)43(41)39(7,8)9)33-23-17-18-24-36(33)42(31-19-13-11-14-20-31)32-21-15-12-16-22-32/h17-18,23-29,31-32,38H,11-16,19-22H2,1-10H3/t38-,43?/m1/s1. The van der Waals surface area contributed by atoms with Gasteiger partial charge in [-0.15, -0.1) is 0 Å². The first-order chi connectivity index (χ1) is 20.3. The van der Waals surface area contributed by atoms with Crippen LogP contribution in [0.15, 0.2) is 36.4 Å². The van der Waals surface area contributed by atoms with Gasteiger partial charge in [0.15, 0.2) is 0 Å². The molecule has 2 nitrogen and oxygen atoms in total. The average molecular weight is 624 g/mol. The summed E-state index contributed by atoms with van der Waals surface area (Å²) in [6, 6.07) is 14.5. The van der Waals surface area contributed by atoms with Crippen LogP contribution in [0.4, 0.5) is 0 Å². The van der Waals surface area contributed by atoms with Crippen LogP contribution in [0.25, 0.3) is 0 Å². The fourth-order valence-corrected chi connectivity index (χ4v) is 13.0. The molecule has 0 saturated heterocycles. The minimum atomic E-state index is -1.16. The maximum Gasteiger partial charge on any atom is 0.100 e. The monoisotopic (exact) mass is 623 g/mol. The van der Waals surface area contributed by atoms with Crippen molar-refractivity contribution in [1.82, 2.24) is 4.31 Å². The lowest BCUT2D eigenvalue weighted by atomic mass is 9.80. The highest BCUT2D eigenvalue weighted by atomic mass is 32.2.